The van der Waals surface area contributed by atoms with Crippen molar-refractivity contribution in [1.29, 1.82) is 0 Å². The Bertz CT molecular complexity index is 1280. The molecule has 0 bridgehead atoms. The summed E-state index contributed by atoms with van der Waals surface area (Å²) in [5, 5.41) is 0. The highest BCUT2D eigenvalue weighted by Gasteiger charge is 2.25. The van der Waals surface area contributed by atoms with E-state index in [-0.39, 0.29) is 5.91 Å². The van der Waals surface area contributed by atoms with Gasteiger partial charge in [-0.2, -0.15) is 0 Å². The van der Waals surface area contributed by atoms with Gasteiger partial charge < -0.3 is 15.4 Å². The number of carbonyl (C=O) groups is 1. The van der Waals surface area contributed by atoms with Crippen LogP contribution in [0.1, 0.15) is 56.7 Å². The van der Waals surface area contributed by atoms with Crippen molar-refractivity contribution in [2.24, 2.45) is 10.7 Å². The minimum absolute atomic E-state index is 0.159. The van der Waals surface area contributed by atoms with Crippen LogP contribution in [-0.4, -0.2) is 68.3 Å². The lowest BCUT2D eigenvalue weighted by molar-refractivity contribution is -0.129. The number of hydrogen-bond donors (Lipinski definition) is 1. The number of nitrogens with two attached hydrogens (primary N) is 1. The largest absolute Gasteiger partial charge is 0.496 e. The third-order valence-corrected chi connectivity index (χ3v) is 7.76. The molecule has 1 saturated heterocycles. The third-order valence-electron chi connectivity index (χ3n) is 7.76. The van der Waals surface area contributed by atoms with Crippen molar-refractivity contribution >= 4 is 17.7 Å². The maximum absolute atomic E-state index is 13.1. The first-order chi connectivity index (χ1) is 18.9. The fraction of sp³-hybridized carbons (Fsp3) is 0.394. The van der Waals surface area contributed by atoms with Gasteiger partial charge in [-0.25, -0.2) is 0 Å². The van der Waals surface area contributed by atoms with Gasteiger partial charge in [-0.05, 0) is 73.6 Å². The molecular weight excluding hydrogens is 484 g/mol. The topological polar surface area (TPSA) is 71.2 Å². The lowest BCUT2D eigenvalue weighted by Gasteiger charge is -2.35. The molecule has 6 heteroatoms. The quantitative estimate of drug-likeness (QED) is 0.442. The molecule has 2 aromatic carbocycles. The summed E-state index contributed by atoms with van der Waals surface area (Å²) in [5.74, 6) is 0.953. The maximum Gasteiger partial charge on any atom is 0.249 e. The third kappa shape index (κ3) is 6.94. The van der Waals surface area contributed by atoms with Gasteiger partial charge in [0, 0.05) is 62.3 Å². The van der Waals surface area contributed by atoms with E-state index in [0.29, 0.717) is 13.0 Å². The lowest BCUT2D eigenvalue weighted by atomic mass is 9.92. The zero-order chi connectivity index (χ0) is 27.8. The number of rotatable bonds is 9. The molecule has 1 amide bonds. The molecule has 6 nitrogen and oxygen atoms in total. The van der Waals surface area contributed by atoms with Gasteiger partial charge in [-0.1, -0.05) is 48.9 Å². The minimum Gasteiger partial charge on any atom is -0.496 e. The Labute approximate surface area is 233 Å². The van der Waals surface area contributed by atoms with Crippen LogP contribution in [0, 0.1) is 0 Å². The van der Waals surface area contributed by atoms with Crippen molar-refractivity contribution in [3.8, 4) is 5.75 Å². The van der Waals surface area contributed by atoms with Crippen molar-refractivity contribution < 1.29 is 9.53 Å². The summed E-state index contributed by atoms with van der Waals surface area (Å²) >= 11 is 0. The van der Waals surface area contributed by atoms with Crippen LogP contribution in [0.4, 0.5) is 0 Å². The molecule has 0 saturated carbocycles. The summed E-state index contributed by atoms with van der Waals surface area (Å²) < 4.78 is 5.79. The second kappa shape index (κ2) is 13.5. The number of carbonyl (C=O) groups excluding carboxylic acids is 1. The van der Waals surface area contributed by atoms with Crippen LogP contribution in [0.3, 0.4) is 0 Å². The van der Waals surface area contributed by atoms with E-state index in [4.69, 9.17) is 15.5 Å². The predicted molar refractivity (Wildman–Crippen MR) is 161 cm³/mol. The molecule has 2 aliphatic rings. The van der Waals surface area contributed by atoms with E-state index in [1.165, 1.54) is 16.7 Å². The maximum atomic E-state index is 13.1. The summed E-state index contributed by atoms with van der Waals surface area (Å²) in [4.78, 5) is 22.3. The molecular formula is C33H42N4O2. The monoisotopic (exact) mass is 526 g/mol. The number of nitrogens with zero attached hydrogens (tertiary/aromatic N) is 3. The molecule has 0 atom stereocenters. The number of hydrogen-bond acceptors (Lipinski definition) is 5. The molecule has 206 valence electrons. The summed E-state index contributed by atoms with van der Waals surface area (Å²) in [6.45, 7) is 11.3. The van der Waals surface area contributed by atoms with E-state index in [1.54, 1.807) is 7.11 Å². The van der Waals surface area contributed by atoms with Gasteiger partial charge in [0.05, 0.1) is 7.11 Å². The average molecular weight is 527 g/mol. The van der Waals surface area contributed by atoms with Crippen molar-refractivity contribution in [2.45, 2.75) is 40.0 Å². The van der Waals surface area contributed by atoms with Crippen LogP contribution in [0.15, 0.2) is 82.0 Å². The molecule has 2 aromatic rings. The highest BCUT2D eigenvalue weighted by Crippen LogP contribution is 2.32. The van der Waals surface area contributed by atoms with Crippen LogP contribution in [-0.2, 0) is 4.79 Å². The standard InChI is InChI=1S/C33H42N4O2/c1-5-24(2)32(26-9-7-6-8-10-26)27-11-12-29(31(22-27)39-4)23-35-30-14-13-28(21-25(30)3)33(38)37-19-17-36(16-15-34)18-20-37/h6-12,21-23H,5,13-20,34H2,1-4H3/b32-24-,35-23?. The number of piperazine rings is 1. The first-order valence-electron chi connectivity index (χ1n) is 14.0. The Morgan fingerprint density at radius 1 is 1.05 bits per heavy atom. The van der Waals surface area contributed by atoms with Gasteiger partial charge in [-0.15, -0.1) is 0 Å². The van der Waals surface area contributed by atoms with Crippen LogP contribution in [0.25, 0.3) is 5.57 Å². The summed E-state index contributed by atoms with van der Waals surface area (Å²) in [7, 11) is 1.70. The molecule has 0 aromatic heterocycles. The van der Waals surface area contributed by atoms with Crippen LogP contribution < -0.4 is 10.5 Å². The molecule has 1 aliphatic heterocycles. The summed E-state index contributed by atoms with van der Waals surface area (Å²) in [6.07, 6.45) is 6.35. The Hall–Kier alpha value is -3.48. The van der Waals surface area contributed by atoms with Crippen molar-refractivity contribution in [2.75, 3.05) is 46.4 Å². The molecule has 4 rings (SSSR count). The van der Waals surface area contributed by atoms with Gasteiger partial charge >= 0.3 is 0 Å². The molecule has 39 heavy (non-hydrogen) atoms. The van der Waals surface area contributed by atoms with E-state index in [9.17, 15) is 4.79 Å². The van der Waals surface area contributed by atoms with Gasteiger partial charge in [0.2, 0.25) is 5.91 Å². The Morgan fingerprint density at radius 2 is 1.79 bits per heavy atom. The van der Waals surface area contributed by atoms with E-state index >= 15 is 0 Å². The molecule has 1 heterocycles. The first-order valence-corrected chi connectivity index (χ1v) is 14.0. The van der Waals surface area contributed by atoms with E-state index in [0.717, 1.165) is 79.3 Å². The summed E-state index contributed by atoms with van der Waals surface area (Å²) in [6, 6.07) is 16.8. The zero-order valence-corrected chi connectivity index (χ0v) is 23.9. The number of allylic oxidation sites excluding steroid dienone is 4. The van der Waals surface area contributed by atoms with Crippen LogP contribution >= 0.6 is 0 Å². The number of methoxy groups -OCH3 is 1. The van der Waals surface area contributed by atoms with E-state index in [1.807, 2.05) is 30.2 Å². The second-order valence-electron chi connectivity index (χ2n) is 10.3. The zero-order valence-electron chi connectivity index (χ0n) is 23.9. The number of aliphatic imine (C=N–C) groups is 1. The highest BCUT2D eigenvalue weighted by molar-refractivity contribution is 5.94. The minimum atomic E-state index is 0.159. The summed E-state index contributed by atoms with van der Waals surface area (Å²) in [5.41, 5.74) is 14.5. The fourth-order valence-corrected chi connectivity index (χ4v) is 5.32. The van der Waals surface area contributed by atoms with Crippen LogP contribution in [0.2, 0.25) is 0 Å². The Balaban J connectivity index is 1.51. The van der Waals surface area contributed by atoms with Gasteiger partial charge in [0.1, 0.15) is 5.75 Å². The van der Waals surface area contributed by atoms with Crippen molar-refractivity contribution in [3.63, 3.8) is 0 Å². The first kappa shape index (κ1) is 28.5. The number of benzene rings is 2. The van der Waals surface area contributed by atoms with Crippen molar-refractivity contribution in [1.82, 2.24) is 9.80 Å². The highest BCUT2D eigenvalue weighted by atomic mass is 16.5. The molecule has 0 spiro atoms. The lowest BCUT2D eigenvalue weighted by Crippen LogP contribution is -2.50. The Kier molecular flexibility index (Phi) is 9.90. The van der Waals surface area contributed by atoms with E-state index < -0.39 is 0 Å². The van der Waals surface area contributed by atoms with Crippen molar-refractivity contribution in [3.05, 3.63) is 93.7 Å². The number of amides is 1. The normalized spacial score (nSPS) is 17.4. The van der Waals surface area contributed by atoms with Gasteiger partial charge in [0.25, 0.3) is 0 Å². The smallest absolute Gasteiger partial charge is 0.249 e. The molecule has 1 aliphatic carbocycles. The molecule has 0 unspecified atom stereocenters. The molecule has 1 fully saturated rings. The second-order valence-corrected chi connectivity index (χ2v) is 10.3. The van der Waals surface area contributed by atoms with Gasteiger partial charge in [-0.3, -0.25) is 14.7 Å². The number of ether oxygens (including phenoxy) is 1. The fourth-order valence-electron chi connectivity index (χ4n) is 5.32. The SMILES string of the molecule is CC/C(C)=C(/c1ccccc1)c1ccc(C=NC2=C(C)C=C(C(=O)N3CCN(CCN)CC3)CC2)c(OC)c1. The molecule has 2 N–H and O–H groups in total. The van der Waals surface area contributed by atoms with Crippen LogP contribution in [0.5, 0.6) is 5.75 Å². The van der Waals surface area contributed by atoms with Gasteiger partial charge in [0.15, 0.2) is 0 Å². The Morgan fingerprint density at radius 3 is 2.44 bits per heavy atom. The predicted octanol–water partition coefficient (Wildman–Crippen LogP) is 5.44. The van der Waals surface area contributed by atoms with E-state index in [2.05, 4.69) is 61.2 Å². The average Bonchev–Trinajstić information content (AvgIpc) is 2.97. The molecule has 0 radical (unpaired) electrons.